The minimum absolute atomic E-state index is 0.360. The molecule has 3 aliphatic rings. The van der Waals surface area contributed by atoms with Gasteiger partial charge in [-0.1, -0.05) is 12.1 Å². The summed E-state index contributed by atoms with van der Waals surface area (Å²) in [7, 11) is 0. The second kappa shape index (κ2) is 4.71. The lowest BCUT2D eigenvalue weighted by molar-refractivity contribution is 0.173. The average molecular weight is 259 g/mol. The van der Waals surface area contributed by atoms with Gasteiger partial charge in [0.1, 0.15) is 0 Å². The van der Waals surface area contributed by atoms with Crippen LogP contribution in [0.4, 0.5) is 0 Å². The summed E-state index contributed by atoms with van der Waals surface area (Å²) < 4.78 is 11.0. The van der Waals surface area contributed by atoms with E-state index < -0.39 is 0 Å². The van der Waals surface area contributed by atoms with Gasteiger partial charge in [0.15, 0.2) is 11.5 Å². The quantitative estimate of drug-likeness (QED) is 0.852. The lowest BCUT2D eigenvalue weighted by atomic mass is 9.98. The minimum atomic E-state index is 0.360. The predicted octanol–water partition coefficient (Wildman–Crippen LogP) is 2.94. The van der Waals surface area contributed by atoms with Gasteiger partial charge < -0.3 is 14.8 Å². The fourth-order valence-electron chi connectivity index (χ4n) is 3.27. The molecule has 3 heteroatoms. The number of ether oxygens (including phenoxy) is 2. The topological polar surface area (TPSA) is 30.5 Å². The van der Waals surface area contributed by atoms with Crippen LogP contribution in [0.3, 0.4) is 0 Å². The van der Waals surface area contributed by atoms with E-state index in [1.807, 2.05) is 12.1 Å². The van der Waals surface area contributed by atoms with Crippen LogP contribution in [0, 0.1) is 17.8 Å². The van der Waals surface area contributed by atoms with Crippen molar-refractivity contribution in [2.45, 2.75) is 32.2 Å². The van der Waals surface area contributed by atoms with Gasteiger partial charge in [-0.05, 0) is 56.0 Å². The van der Waals surface area contributed by atoms with Crippen LogP contribution >= 0.6 is 0 Å². The zero-order valence-electron chi connectivity index (χ0n) is 11.2. The SMILES string of the molecule is c1cc(CNCC(C2CC2)C2CC2)c2c(c1)OCO2. The summed E-state index contributed by atoms with van der Waals surface area (Å²) >= 11 is 0. The molecular weight excluding hydrogens is 238 g/mol. The van der Waals surface area contributed by atoms with Crippen molar-refractivity contribution < 1.29 is 9.47 Å². The van der Waals surface area contributed by atoms with Gasteiger partial charge in [0.2, 0.25) is 6.79 Å². The van der Waals surface area contributed by atoms with E-state index in [1.54, 1.807) is 0 Å². The molecule has 102 valence electrons. The highest BCUT2D eigenvalue weighted by Gasteiger charge is 2.40. The number of rotatable bonds is 6. The van der Waals surface area contributed by atoms with E-state index >= 15 is 0 Å². The van der Waals surface area contributed by atoms with E-state index in [0.29, 0.717) is 6.79 Å². The highest BCUT2D eigenvalue weighted by Crippen LogP contribution is 2.48. The number of hydrogen-bond acceptors (Lipinski definition) is 3. The van der Waals surface area contributed by atoms with Crippen LogP contribution in [0.25, 0.3) is 0 Å². The highest BCUT2D eigenvalue weighted by molar-refractivity contribution is 5.48. The molecule has 0 bridgehead atoms. The van der Waals surface area contributed by atoms with Crippen molar-refractivity contribution in [1.29, 1.82) is 0 Å². The molecule has 2 fully saturated rings. The van der Waals surface area contributed by atoms with Gasteiger partial charge in [-0.3, -0.25) is 0 Å². The number of fused-ring (bicyclic) bond motifs is 1. The first-order valence-electron chi connectivity index (χ1n) is 7.50. The van der Waals surface area contributed by atoms with Gasteiger partial charge in [0.05, 0.1) is 0 Å². The summed E-state index contributed by atoms with van der Waals surface area (Å²) in [6, 6.07) is 6.15. The molecule has 2 saturated carbocycles. The fourth-order valence-corrected chi connectivity index (χ4v) is 3.27. The van der Waals surface area contributed by atoms with Crippen LogP contribution in [-0.2, 0) is 6.54 Å². The first-order valence-corrected chi connectivity index (χ1v) is 7.50. The van der Waals surface area contributed by atoms with Gasteiger partial charge in [-0.2, -0.15) is 0 Å². The third kappa shape index (κ3) is 2.44. The molecule has 1 aromatic rings. The van der Waals surface area contributed by atoms with Gasteiger partial charge in [0, 0.05) is 12.1 Å². The molecule has 1 heterocycles. The molecule has 1 N–H and O–H groups in total. The molecule has 2 aliphatic carbocycles. The van der Waals surface area contributed by atoms with Crippen molar-refractivity contribution >= 4 is 0 Å². The summed E-state index contributed by atoms with van der Waals surface area (Å²) in [6.07, 6.45) is 5.84. The largest absolute Gasteiger partial charge is 0.454 e. The number of nitrogens with one attached hydrogen (secondary N) is 1. The lowest BCUT2D eigenvalue weighted by Gasteiger charge is -2.16. The first kappa shape index (κ1) is 11.6. The Morgan fingerprint density at radius 3 is 2.63 bits per heavy atom. The molecule has 0 spiro atoms. The highest BCUT2D eigenvalue weighted by atomic mass is 16.7. The predicted molar refractivity (Wildman–Crippen MR) is 73.2 cm³/mol. The molecule has 0 radical (unpaired) electrons. The standard InChI is InChI=1S/C16H21NO2/c1-2-13(16-15(3-1)18-10-19-16)8-17-9-14(11-4-5-11)12-6-7-12/h1-3,11-12,14,17H,4-10H2. The Hall–Kier alpha value is -1.22. The van der Waals surface area contributed by atoms with E-state index in [0.717, 1.165) is 35.8 Å². The second-order valence-corrected chi connectivity index (χ2v) is 6.12. The number of para-hydroxylation sites is 1. The monoisotopic (exact) mass is 259 g/mol. The molecule has 0 aromatic heterocycles. The second-order valence-electron chi connectivity index (χ2n) is 6.12. The van der Waals surface area contributed by atoms with Crippen LogP contribution < -0.4 is 14.8 Å². The Morgan fingerprint density at radius 2 is 1.89 bits per heavy atom. The molecule has 0 atom stereocenters. The Balaban J connectivity index is 1.36. The third-order valence-electron chi connectivity index (χ3n) is 4.63. The van der Waals surface area contributed by atoms with Gasteiger partial charge >= 0.3 is 0 Å². The smallest absolute Gasteiger partial charge is 0.231 e. The minimum Gasteiger partial charge on any atom is -0.454 e. The van der Waals surface area contributed by atoms with Crippen molar-refractivity contribution in [3.63, 3.8) is 0 Å². The van der Waals surface area contributed by atoms with Crippen molar-refractivity contribution in [1.82, 2.24) is 5.32 Å². The molecule has 0 saturated heterocycles. The van der Waals surface area contributed by atoms with Gasteiger partial charge in [-0.15, -0.1) is 0 Å². The van der Waals surface area contributed by atoms with Crippen molar-refractivity contribution in [3.8, 4) is 11.5 Å². The molecule has 0 amide bonds. The molecule has 4 rings (SSSR count). The van der Waals surface area contributed by atoms with Crippen molar-refractivity contribution in [3.05, 3.63) is 23.8 Å². The zero-order chi connectivity index (χ0) is 12.7. The molecule has 3 nitrogen and oxygen atoms in total. The summed E-state index contributed by atoms with van der Waals surface area (Å²) in [4.78, 5) is 0. The molecule has 1 aromatic carbocycles. The van der Waals surface area contributed by atoms with Crippen LogP contribution in [-0.4, -0.2) is 13.3 Å². The van der Waals surface area contributed by atoms with E-state index in [4.69, 9.17) is 9.47 Å². The first-order chi connectivity index (χ1) is 9.42. The molecule has 19 heavy (non-hydrogen) atoms. The van der Waals surface area contributed by atoms with E-state index in [2.05, 4.69) is 11.4 Å². The average Bonchev–Trinajstić information content (AvgIpc) is 3.34. The Bertz CT molecular complexity index is 454. The number of benzene rings is 1. The maximum atomic E-state index is 5.54. The van der Waals surface area contributed by atoms with Crippen LogP contribution in [0.5, 0.6) is 11.5 Å². The lowest BCUT2D eigenvalue weighted by Crippen LogP contribution is -2.25. The molecule has 1 aliphatic heterocycles. The Kier molecular flexibility index (Phi) is 2.87. The van der Waals surface area contributed by atoms with Crippen LogP contribution in [0.2, 0.25) is 0 Å². The summed E-state index contributed by atoms with van der Waals surface area (Å²) in [6.45, 7) is 2.42. The molecular formula is C16H21NO2. The zero-order valence-corrected chi connectivity index (χ0v) is 11.2. The maximum Gasteiger partial charge on any atom is 0.231 e. The number of hydrogen-bond donors (Lipinski definition) is 1. The fraction of sp³-hybridized carbons (Fsp3) is 0.625. The normalized spacial score (nSPS) is 21.1. The third-order valence-corrected chi connectivity index (χ3v) is 4.63. The van der Waals surface area contributed by atoms with E-state index in [9.17, 15) is 0 Å². The summed E-state index contributed by atoms with van der Waals surface area (Å²) in [5.41, 5.74) is 1.22. The van der Waals surface area contributed by atoms with Crippen LogP contribution in [0.1, 0.15) is 31.2 Å². The van der Waals surface area contributed by atoms with Crippen molar-refractivity contribution in [2.75, 3.05) is 13.3 Å². The summed E-state index contributed by atoms with van der Waals surface area (Å²) in [5, 5.41) is 3.64. The van der Waals surface area contributed by atoms with Gasteiger partial charge in [-0.25, -0.2) is 0 Å². The van der Waals surface area contributed by atoms with E-state index in [-0.39, 0.29) is 0 Å². The molecule has 0 unspecified atom stereocenters. The Morgan fingerprint density at radius 1 is 1.11 bits per heavy atom. The van der Waals surface area contributed by atoms with E-state index in [1.165, 1.54) is 37.8 Å². The summed E-state index contributed by atoms with van der Waals surface area (Å²) in [5.74, 6) is 4.78. The van der Waals surface area contributed by atoms with Gasteiger partial charge in [0.25, 0.3) is 0 Å². The maximum absolute atomic E-state index is 5.54. The van der Waals surface area contributed by atoms with Crippen LogP contribution in [0.15, 0.2) is 18.2 Å². The Labute approximate surface area is 114 Å². The van der Waals surface area contributed by atoms with Crippen molar-refractivity contribution in [2.24, 2.45) is 17.8 Å².